The predicted octanol–water partition coefficient (Wildman–Crippen LogP) is -1.19. The molecule has 0 radical (unpaired) electrons. The first-order chi connectivity index (χ1) is 7.70. The first-order valence-electron chi connectivity index (χ1n) is 5.36. The summed E-state index contributed by atoms with van der Waals surface area (Å²) in [6, 6.07) is 0. The normalized spacial score (nSPS) is 20.1. The van der Waals surface area contributed by atoms with E-state index in [0.29, 0.717) is 5.95 Å². The van der Waals surface area contributed by atoms with Crippen LogP contribution < -0.4 is 10.6 Å². The summed E-state index contributed by atoms with van der Waals surface area (Å²) in [5.74, 6) is 0.729. The molecule has 1 aromatic rings. The monoisotopic (exact) mass is 227 g/mol. The van der Waals surface area contributed by atoms with E-state index in [-0.39, 0.29) is 12.4 Å². The van der Waals surface area contributed by atoms with Crippen LogP contribution in [0.1, 0.15) is 12.0 Å². The van der Waals surface area contributed by atoms with Crippen LogP contribution in [0.2, 0.25) is 0 Å². The Kier molecular flexibility index (Phi) is 3.37. The molecule has 2 heterocycles. The second-order valence-corrected chi connectivity index (χ2v) is 3.97. The van der Waals surface area contributed by atoms with Crippen LogP contribution in [-0.2, 0) is 0 Å². The third-order valence-corrected chi connectivity index (χ3v) is 2.73. The fraction of sp³-hybridized carbons (Fsp3) is 0.778. The predicted molar refractivity (Wildman–Crippen MR) is 58.0 cm³/mol. The number of hydrogen-bond acceptors (Lipinski definition) is 7. The van der Waals surface area contributed by atoms with Gasteiger partial charge in [0, 0.05) is 32.7 Å². The number of hydrogen-bond donors (Lipinski definition) is 2. The molecule has 1 aliphatic rings. The molecule has 16 heavy (non-hydrogen) atoms. The van der Waals surface area contributed by atoms with E-state index in [9.17, 15) is 5.11 Å². The SMILES string of the molecule is CN1CCN(c2noc(C(O)CN)n2)CC1. The fourth-order valence-corrected chi connectivity index (χ4v) is 1.60. The summed E-state index contributed by atoms with van der Waals surface area (Å²) in [5.41, 5.74) is 5.31. The lowest BCUT2D eigenvalue weighted by molar-refractivity contribution is 0.141. The van der Waals surface area contributed by atoms with Crippen LogP contribution >= 0.6 is 0 Å². The molecule has 7 heteroatoms. The molecule has 0 spiro atoms. The maximum Gasteiger partial charge on any atom is 0.266 e. The van der Waals surface area contributed by atoms with E-state index in [2.05, 4.69) is 22.1 Å². The Labute approximate surface area is 93.8 Å². The third-order valence-electron chi connectivity index (χ3n) is 2.73. The highest BCUT2D eigenvalue weighted by molar-refractivity contribution is 5.28. The zero-order chi connectivity index (χ0) is 11.5. The molecule has 0 bridgehead atoms. The minimum absolute atomic E-state index is 0.0877. The first kappa shape index (κ1) is 11.3. The molecule has 1 fully saturated rings. The lowest BCUT2D eigenvalue weighted by Gasteiger charge is -2.31. The molecule has 1 atom stereocenters. The van der Waals surface area contributed by atoms with Crippen molar-refractivity contribution in [2.24, 2.45) is 5.73 Å². The smallest absolute Gasteiger partial charge is 0.266 e. The number of aliphatic hydroxyl groups excluding tert-OH is 1. The summed E-state index contributed by atoms with van der Waals surface area (Å²) < 4.78 is 4.95. The highest BCUT2D eigenvalue weighted by Gasteiger charge is 2.21. The minimum Gasteiger partial charge on any atom is -0.382 e. The van der Waals surface area contributed by atoms with Gasteiger partial charge in [-0.15, -0.1) is 0 Å². The number of piperazine rings is 1. The molecule has 7 nitrogen and oxygen atoms in total. The van der Waals surface area contributed by atoms with Gasteiger partial charge in [-0.3, -0.25) is 0 Å². The van der Waals surface area contributed by atoms with Gasteiger partial charge in [0.2, 0.25) is 0 Å². The number of rotatable bonds is 3. The van der Waals surface area contributed by atoms with Crippen LogP contribution in [0.25, 0.3) is 0 Å². The number of nitrogens with zero attached hydrogens (tertiary/aromatic N) is 4. The topological polar surface area (TPSA) is 91.7 Å². The Morgan fingerprint density at radius 3 is 2.75 bits per heavy atom. The summed E-state index contributed by atoms with van der Waals surface area (Å²) in [6.45, 7) is 3.78. The van der Waals surface area contributed by atoms with Crippen LogP contribution in [0.15, 0.2) is 4.52 Å². The molecule has 1 aromatic heterocycles. The highest BCUT2D eigenvalue weighted by Crippen LogP contribution is 2.15. The van der Waals surface area contributed by atoms with Crippen LogP contribution in [0.3, 0.4) is 0 Å². The van der Waals surface area contributed by atoms with Gasteiger partial charge in [-0.2, -0.15) is 4.98 Å². The lowest BCUT2D eigenvalue weighted by atomic mass is 10.3. The Morgan fingerprint density at radius 1 is 1.44 bits per heavy atom. The van der Waals surface area contributed by atoms with Gasteiger partial charge in [0.25, 0.3) is 11.8 Å². The molecule has 1 aliphatic heterocycles. The average molecular weight is 227 g/mol. The molecule has 0 aliphatic carbocycles. The maximum atomic E-state index is 9.44. The summed E-state index contributed by atoms with van der Waals surface area (Å²) >= 11 is 0. The van der Waals surface area contributed by atoms with Crippen LogP contribution in [0.4, 0.5) is 5.95 Å². The van der Waals surface area contributed by atoms with Gasteiger partial charge in [-0.25, -0.2) is 0 Å². The number of aliphatic hydroxyl groups is 1. The zero-order valence-corrected chi connectivity index (χ0v) is 9.33. The summed E-state index contributed by atoms with van der Waals surface area (Å²) in [7, 11) is 2.08. The molecular weight excluding hydrogens is 210 g/mol. The largest absolute Gasteiger partial charge is 0.382 e. The highest BCUT2D eigenvalue weighted by atomic mass is 16.5. The second kappa shape index (κ2) is 4.77. The van der Waals surface area contributed by atoms with Crippen LogP contribution in [0, 0.1) is 0 Å². The van der Waals surface area contributed by atoms with Crippen molar-refractivity contribution in [2.45, 2.75) is 6.10 Å². The van der Waals surface area contributed by atoms with Crippen LogP contribution in [-0.4, -0.2) is 59.9 Å². The van der Waals surface area contributed by atoms with Gasteiger partial charge >= 0.3 is 0 Å². The van der Waals surface area contributed by atoms with E-state index >= 15 is 0 Å². The van der Waals surface area contributed by atoms with Gasteiger partial charge in [0.05, 0.1) is 0 Å². The van der Waals surface area contributed by atoms with Gasteiger partial charge in [-0.05, 0) is 12.2 Å². The van der Waals surface area contributed by atoms with Crippen molar-refractivity contribution < 1.29 is 9.63 Å². The Morgan fingerprint density at radius 2 is 2.12 bits per heavy atom. The van der Waals surface area contributed by atoms with Gasteiger partial charge in [0.1, 0.15) is 6.10 Å². The second-order valence-electron chi connectivity index (χ2n) is 3.97. The molecule has 0 saturated carbocycles. The number of nitrogens with two attached hydrogens (primary N) is 1. The van der Waals surface area contributed by atoms with Gasteiger partial charge < -0.3 is 25.2 Å². The molecule has 1 unspecified atom stereocenters. The van der Waals surface area contributed by atoms with Crippen molar-refractivity contribution in [3.63, 3.8) is 0 Å². The zero-order valence-electron chi connectivity index (χ0n) is 9.33. The number of anilines is 1. The first-order valence-corrected chi connectivity index (χ1v) is 5.36. The van der Waals surface area contributed by atoms with E-state index in [1.54, 1.807) is 0 Å². The minimum atomic E-state index is -0.867. The van der Waals surface area contributed by atoms with Crippen LogP contribution in [0.5, 0.6) is 0 Å². The van der Waals surface area contributed by atoms with E-state index < -0.39 is 6.10 Å². The lowest BCUT2D eigenvalue weighted by Crippen LogP contribution is -2.44. The molecule has 1 saturated heterocycles. The summed E-state index contributed by atoms with van der Waals surface area (Å²) in [4.78, 5) is 8.41. The molecule has 0 amide bonds. The molecule has 3 N–H and O–H groups in total. The van der Waals surface area contributed by atoms with Gasteiger partial charge in [0.15, 0.2) is 0 Å². The van der Waals surface area contributed by atoms with Crippen molar-refractivity contribution in [3.8, 4) is 0 Å². The van der Waals surface area contributed by atoms with Gasteiger partial charge in [-0.1, -0.05) is 0 Å². The Balaban J connectivity index is 2.01. The summed E-state index contributed by atoms with van der Waals surface area (Å²) in [5, 5.41) is 13.3. The van der Waals surface area contributed by atoms with Crippen molar-refractivity contribution in [1.82, 2.24) is 15.0 Å². The molecule has 2 rings (SSSR count). The fourth-order valence-electron chi connectivity index (χ4n) is 1.60. The number of likely N-dealkylation sites (N-methyl/N-ethyl adjacent to an activating group) is 1. The van der Waals surface area contributed by atoms with Crippen molar-refractivity contribution in [2.75, 3.05) is 44.7 Å². The van der Waals surface area contributed by atoms with Crippen molar-refractivity contribution in [3.05, 3.63) is 5.89 Å². The number of aromatic nitrogens is 2. The third kappa shape index (κ3) is 2.31. The standard InChI is InChI=1S/C9H17N5O2/c1-13-2-4-14(5-3-13)9-11-8(16-12-9)7(15)6-10/h7,15H,2-6,10H2,1H3. The molecule has 90 valence electrons. The van der Waals surface area contributed by atoms with Crippen molar-refractivity contribution in [1.29, 1.82) is 0 Å². The Hall–Kier alpha value is -1.18. The molecular formula is C9H17N5O2. The van der Waals surface area contributed by atoms with E-state index in [4.69, 9.17) is 10.3 Å². The van der Waals surface area contributed by atoms with E-state index in [1.165, 1.54) is 0 Å². The average Bonchev–Trinajstić information content (AvgIpc) is 2.78. The van der Waals surface area contributed by atoms with E-state index in [0.717, 1.165) is 26.2 Å². The maximum absolute atomic E-state index is 9.44. The molecule has 0 aromatic carbocycles. The quantitative estimate of drug-likeness (QED) is 0.671. The summed E-state index contributed by atoms with van der Waals surface area (Å²) in [6.07, 6.45) is -0.867. The van der Waals surface area contributed by atoms with Crippen molar-refractivity contribution >= 4 is 5.95 Å². The Bertz CT molecular complexity index is 334. The van der Waals surface area contributed by atoms with E-state index in [1.807, 2.05) is 4.90 Å².